The zero-order chi connectivity index (χ0) is 17.5. The summed E-state index contributed by atoms with van der Waals surface area (Å²) in [4.78, 5) is 9.21. The Kier molecular flexibility index (Phi) is 3.24. The monoisotopic (exact) mass is 343 g/mol. The van der Waals surface area contributed by atoms with E-state index in [4.69, 9.17) is 5.73 Å². The van der Waals surface area contributed by atoms with Gasteiger partial charge in [-0.1, -0.05) is 42.5 Å². The summed E-state index contributed by atoms with van der Waals surface area (Å²) in [6, 6.07) is 18.2. The minimum absolute atomic E-state index is 0.289. The molecule has 7 heteroatoms. The van der Waals surface area contributed by atoms with Gasteiger partial charge in [0.25, 0.3) is 0 Å². The summed E-state index contributed by atoms with van der Waals surface area (Å²) in [7, 11) is 0. The van der Waals surface area contributed by atoms with Gasteiger partial charge >= 0.3 is 0 Å². The predicted octanol–water partition coefficient (Wildman–Crippen LogP) is 2.57. The van der Waals surface area contributed by atoms with E-state index in [1.165, 1.54) is 5.56 Å². The summed E-state index contributed by atoms with van der Waals surface area (Å²) in [5, 5.41) is 7.55. The van der Waals surface area contributed by atoms with E-state index in [2.05, 4.69) is 37.1 Å². The summed E-state index contributed by atoms with van der Waals surface area (Å²) < 4.78 is 3.97. The topological polar surface area (TPSA) is 86.0 Å². The third kappa shape index (κ3) is 2.41. The van der Waals surface area contributed by atoms with Gasteiger partial charge in [0.15, 0.2) is 12.1 Å². The molecule has 1 atom stereocenters. The van der Waals surface area contributed by atoms with Crippen molar-refractivity contribution in [1.82, 2.24) is 19.3 Å². The molecule has 3 heterocycles. The largest absolute Gasteiger partial charge is 0.370 e. The zero-order valence-corrected chi connectivity index (χ0v) is 13.9. The lowest BCUT2D eigenvalue weighted by Gasteiger charge is -2.22. The van der Waals surface area contributed by atoms with Crippen molar-refractivity contribution in [2.75, 3.05) is 5.32 Å². The third-order valence-electron chi connectivity index (χ3n) is 4.48. The molecular weight excluding hydrogens is 326 g/mol. The average molecular weight is 343 g/mol. The van der Waals surface area contributed by atoms with Crippen LogP contribution in [0.3, 0.4) is 0 Å². The van der Waals surface area contributed by atoms with Crippen LogP contribution in [0.5, 0.6) is 0 Å². The summed E-state index contributed by atoms with van der Waals surface area (Å²) in [6.45, 7) is 0.711. The van der Waals surface area contributed by atoms with Crippen LogP contribution in [-0.4, -0.2) is 25.3 Å². The smallest absolute Gasteiger partial charge is 0.212 e. The van der Waals surface area contributed by atoms with Crippen LogP contribution in [-0.2, 0) is 6.54 Å². The number of hydrogen-bond acceptors (Lipinski definition) is 5. The van der Waals surface area contributed by atoms with Crippen molar-refractivity contribution in [2.45, 2.75) is 12.7 Å². The number of aliphatic imine (C=N–C) groups is 1. The van der Waals surface area contributed by atoms with Crippen LogP contribution < -0.4 is 11.1 Å². The molecule has 7 nitrogen and oxygen atoms in total. The average Bonchev–Trinajstić information content (AvgIpc) is 3.26. The Hall–Kier alpha value is -3.61. The number of guanidine groups is 1. The number of nitrogens with one attached hydrogen (secondary N) is 1. The summed E-state index contributed by atoms with van der Waals surface area (Å²) in [5.41, 5.74) is 10.1. The molecule has 0 saturated carbocycles. The molecule has 5 rings (SSSR count). The van der Waals surface area contributed by atoms with E-state index < -0.39 is 0 Å². The van der Waals surface area contributed by atoms with Crippen LogP contribution in [0.1, 0.15) is 17.3 Å². The van der Waals surface area contributed by atoms with Crippen molar-refractivity contribution in [3.63, 3.8) is 0 Å². The number of fused-ring (bicyclic) bond motifs is 3. The highest BCUT2D eigenvalue weighted by atomic mass is 15.4. The van der Waals surface area contributed by atoms with E-state index in [1.807, 2.05) is 59.5 Å². The Labute approximate surface area is 149 Å². The molecule has 0 unspecified atom stereocenters. The quantitative estimate of drug-likeness (QED) is 0.599. The number of imidazole rings is 1. The minimum atomic E-state index is -0.289. The minimum Gasteiger partial charge on any atom is -0.370 e. The van der Waals surface area contributed by atoms with Crippen molar-refractivity contribution in [3.8, 4) is 0 Å². The molecule has 1 aliphatic rings. The number of aromatic nitrogens is 4. The first kappa shape index (κ1) is 14.7. The van der Waals surface area contributed by atoms with Crippen LogP contribution in [0.2, 0.25) is 0 Å². The van der Waals surface area contributed by atoms with Crippen LogP contribution in [0.25, 0.3) is 11.0 Å². The fourth-order valence-corrected chi connectivity index (χ4v) is 3.31. The second kappa shape index (κ2) is 5.73. The van der Waals surface area contributed by atoms with Crippen molar-refractivity contribution >= 4 is 22.9 Å². The van der Waals surface area contributed by atoms with Crippen LogP contribution in [0.4, 0.5) is 5.95 Å². The Morgan fingerprint density at radius 3 is 2.73 bits per heavy atom. The number of rotatable bonds is 3. The molecule has 26 heavy (non-hydrogen) atoms. The predicted molar refractivity (Wildman–Crippen MR) is 101 cm³/mol. The highest BCUT2D eigenvalue weighted by Crippen LogP contribution is 2.31. The summed E-state index contributed by atoms with van der Waals surface area (Å²) >= 11 is 0. The van der Waals surface area contributed by atoms with E-state index in [0.29, 0.717) is 18.5 Å². The molecule has 4 aromatic rings. The molecule has 0 amide bonds. The molecule has 1 aliphatic heterocycles. The van der Waals surface area contributed by atoms with Gasteiger partial charge in [-0.15, -0.1) is 0 Å². The first-order chi connectivity index (χ1) is 12.8. The third-order valence-corrected chi connectivity index (χ3v) is 4.48. The Morgan fingerprint density at radius 2 is 1.85 bits per heavy atom. The van der Waals surface area contributed by atoms with Gasteiger partial charge in [-0.25, -0.2) is 9.98 Å². The second-order valence-electron chi connectivity index (χ2n) is 6.26. The van der Waals surface area contributed by atoms with Gasteiger partial charge in [-0.3, -0.25) is 14.6 Å². The number of anilines is 1. The van der Waals surface area contributed by atoms with Crippen molar-refractivity contribution in [2.24, 2.45) is 10.7 Å². The lowest BCUT2D eigenvalue weighted by molar-refractivity contribution is 0.623. The van der Waals surface area contributed by atoms with Gasteiger partial charge in [-0.05, 0) is 17.7 Å². The standard InChI is InChI=1S/C19H17N7/c20-18-23-17(26-16-9-5-4-8-15(16)22-19(26)24-18)14-10-21-25(12-14)11-13-6-2-1-3-7-13/h1-10,12,17H,11H2,(H3,20,22,23,24)/t17-/m0/s1. The van der Waals surface area contributed by atoms with Crippen molar-refractivity contribution in [1.29, 1.82) is 0 Å². The van der Waals surface area contributed by atoms with Crippen molar-refractivity contribution in [3.05, 3.63) is 78.1 Å². The van der Waals surface area contributed by atoms with Gasteiger partial charge in [0.05, 0.1) is 23.8 Å². The Morgan fingerprint density at radius 1 is 1.04 bits per heavy atom. The van der Waals surface area contributed by atoms with Gasteiger partial charge in [0.2, 0.25) is 5.95 Å². The van der Waals surface area contributed by atoms with E-state index >= 15 is 0 Å². The second-order valence-corrected chi connectivity index (χ2v) is 6.26. The van der Waals surface area contributed by atoms with Gasteiger partial charge < -0.3 is 5.73 Å². The maximum absolute atomic E-state index is 5.99. The molecule has 0 spiro atoms. The van der Waals surface area contributed by atoms with Gasteiger partial charge in [-0.2, -0.15) is 5.10 Å². The van der Waals surface area contributed by atoms with E-state index in [0.717, 1.165) is 16.6 Å². The fraction of sp³-hybridized carbons (Fsp3) is 0.105. The fourth-order valence-electron chi connectivity index (χ4n) is 3.31. The number of benzene rings is 2. The summed E-state index contributed by atoms with van der Waals surface area (Å²) in [6.07, 6.45) is 3.57. The lowest BCUT2D eigenvalue weighted by Crippen LogP contribution is -2.31. The van der Waals surface area contributed by atoms with Gasteiger partial charge in [0.1, 0.15) is 0 Å². The molecule has 0 aliphatic carbocycles. The maximum atomic E-state index is 5.99. The number of para-hydroxylation sites is 2. The first-order valence-corrected chi connectivity index (χ1v) is 8.41. The highest BCUT2D eigenvalue weighted by Gasteiger charge is 2.25. The molecule has 2 aromatic carbocycles. The highest BCUT2D eigenvalue weighted by molar-refractivity contribution is 5.94. The lowest BCUT2D eigenvalue weighted by atomic mass is 10.2. The van der Waals surface area contributed by atoms with Crippen molar-refractivity contribution < 1.29 is 0 Å². The molecule has 3 N–H and O–H groups in total. The first-order valence-electron chi connectivity index (χ1n) is 8.41. The van der Waals surface area contributed by atoms with E-state index in [-0.39, 0.29) is 6.17 Å². The molecule has 2 aromatic heterocycles. The van der Waals surface area contributed by atoms with E-state index in [9.17, 15) is 0 Å². The molecule has 0 saturated heterocycles. The maximum Gasteiger partial charge on any atom is 0.212 e. The summed E-state index contributed by atoms with van der Waals surface area (Å²) in [5.74, 6) is 1.05. The Bertz CT molecular complexity index is 1110. The van der Waals surface area contributed by atoms with Crippen LogP contribution in [0, 0.1) is 0 Å². The van der Waals surface area contributed by atoms with Crippen LogP contribution in [0.15, 0.2) is 72.0 Å². The molecular formula is C19H17N7. The van der Waals surface area contributed by atoms with E-state index in [1.54, 1.807) is 0 Å². The SMILES string of the molecule is NC1=N[C@H](c2cnn(Cc3ccccc3)c2)n2c(nc3ccccc32)N1. The number of nitrogens with two attached hydrogens (primary N) is 1. The van der Waals surface area contributed by atoms with Gasteiger partial charge in [0, 0.05) is 11.8 Å². The Balaban J connectivity index is 1.55. The number of hydrogen-bond donors (Lipinski definition) is 2. The normalized spacial score (nSPS) is 16.2. The molecule has 0 radical (unpaired) electrons. The molecule has 0 bridgehead atoms. The molecule has 128 valence electrons. The zero-order valence-electron chi connectivity index (χ0n) is 13.9. The van der Waals surface area contributed by atoms with Crippen LogP contribution >= 0.6 is 0 Å². The molecule has 0 fully saturated rings. The number of nitrogens with zero attached hydrogens (tertiary/aromatic N) is 5.